The van der Waals surface area contributed by atoms with Gasteiger partial charge in [0.1, 0.15) is 6.33 Å². The predicted molar refractivity (Wildman–Crippen MR) is 68.3 cm³/mol. The van der Waals surface area contributed by atoms with E-state index >= 15 is 0 Å². The van der Waals surface area contributed by atoms with Crippen molar-refractivity contribution in [3.63, 3.8) is 0 Å². The van der Waals surface area contributed by atoms with Gasteiger partial charge in [-0.1, -0.05) is 13.8 Å². The smallest absolute Gasteiger partial charge is 0.115 e. The number of nitrogens with zero attached hydrogens (tertiary/aromatic N) is 3. The maximum atomic E-state index is 5.90. The van der Waals surface area contributed by atoms with Crippen LogP contribution in [0.1, 0.15) is 32.0 Å². The zero-order valence-corrected chi connectivity index (χ0v) is 10.7. The normalized spacial score (nSPS) is 23.2. The van der Waals surface area contributed by atoms with Crippen molar-refractivity contribution < 1.29 is 0 Å². The first-order chi connectivity index (χ1) is 8.22. The van der Waals surface area contributed by atoms with Crippen LogP contribution in [0, 0.1) is 11.8 Å². The molecule has 0 radical (unpaired) electrons. The van der Waals surface area contributed by atoms with Crippen LogP contribution < -0.4 is 5.73 Å². The van der Waals surface area contributed by atoms with Gasteiger partial charge in [0.15, 0.2) is 0 Å². The monoisotopic (exact) mass is 234 g/mol. The lowest BCUT2D eigenvalue weighted by atomic mass is 9.95. The molecule has 2 atom stereocenters. The van der Waals surface area contributed by atoms with Crippen LogP contribution in [-0.4, -0.2) is 34.5 Å². The van der Waals surface area contributed by atoms with E-state index in [0.717, 1.165) is 30.6 Å². The second-order valence-electron chi connectivity index (χ2n) is 5.17. The molecule has 1 aromatic rings. The molecule has 1 fully saturated rings. The highest BCUT2D eigenvalue weighted by Gasteiger charge is 2.30. The Labute approximate surface area is 103 Å². The largest absolute Gasteiger partial charge is 0.329 e. The fourth-order valence-corrected chi connectivity index (χ4v) is 2.60. The summed E-state index contributed by atoms with van der Waals surface area (Å²) in [6.07, 6.45) is 4.67. The number of hydrogen-bond donors (Lipinski definition) is 1. The molecular weight excluding hydrogens is 212 g/mol. The maximum Gasteiger partial charge on any atom is 0.115 e. The number of likely N-dealkylation sites (tertiary alicyclic amines) is 1. The van der Waals surface area contributed by atoms with E-state index in [-0.39, 0.29) is 6.04 Å². The van der Waals surface area contributed by atoms with E-state index in [1.54, 1.807) is 12.5 Å². The third-order valence-electron chi connectivity index (χ3n) is 3.81. The molecule has 2 unspecified atom stereocenters. The zero-order chi connectivity index (χ0) is 12.3. The second kappa shape index (κ2) is 5.56. The molecule has 4 nitrogen and oxygen atoms in total. The lowest BCUT2D eigenvalue weighted by molar-refractivity contribution is 0.228. The quantitative estimate of drug-likeness (QED) is 0.857. The van der Waals surface area contributed by atoms with Gasteiger partial charge < -0.3 is 5.73 Å². The summed E-state index contributed by atoms with van der Waals surface area (Å²) in [7, 11) is 0. The van der Waals surface area contributed by atoms with Crippen molar-refractivity contribution in [1.82, 2.24) is 14.9 Å². The molecule has 1 aliphatic rings. The Morgan fingerprint density at radius 2 is 2.35 bits per heavy atom. The minimum atomic E-state index is 0.252. The molecule has 94 valence electrons. The molecule has 4 heteroatoms. The summed E-state index contributed by atoms with van der Waals surface area (Å²) in [6.45, 7) is 7.51. The van der Waals surface area contributed by atoms with E-state index in [1.165, 1.54) is 6.42 Å². The van der Waals surface area contributed by atoms with E-state index in [2.05, 4.69) is 28.7 Å². The van der Waals surface area contributed by atoms with Gasteiger partial charge in [0.2, 0.25) is 0 Å². The molecule has 1 aromatic heterocycles. The minimum absolute atomic E-state index is 0.252. The molecule has 17 heavy (non-hydrogen) atoms. The maximum absolute atomic E-state index is 5.90. The first-order valence-corrected chi connectivity index (χ1v) is 6.42. The Morgan fingerprint density at radius 1 is 1.53 bits per heavy atom. The molecule has 0 spiro atoms. The SMILES string of the molecule is CC(C)C1CCN(C(CN)c2ccncn2)C1. The van der Waals surface area contributed by atoms with Gasteiger partial charge in [-0.3, -0.25) is 4.90 Å². The van der Waals surface area contributed by atoms with Gasteiger partial charge in [-0.25, -0.2) is 9.97 Å². The lowest BCUT2D eigenvalue weighted by Gasteiger charge is -2.26. The molecule has 0 amide bonds. The van der Waals surface area contributed by atoms with Crippen LogP contribution in [0.3, 0.4) is 0 Å². The van der Waals surface area contributed by atoms with Crippen molar-refractivity contribution >= 4 is 0 Å². The summed E-state index contributed by atoms with van der Waals surface area (Å²) < 4.78 is 0. The Balaban J connectivity index is 2.06. The summed E-state index contributed by atoms with van der Waals surface area (Å²) in [4.78, 5) is 10.8. The van der Waals surface area contributed by atoms with Crippen molar-refractivity contribution in [2.24, 2.45) is 17.6 Å². The highest BCUT2D eigenvalue weighted by molar-refractivity contribution is 5.06. The molecule has 2 heterocycles. The Kier molecular flexibility index (Phi) is 4.07. The fraction of sp³-hybridized carbons (Fsp3) is 0.692. The molecule has 1 aliphatic heterocycles. The molecule has 0 aliphatic carbocycles. The van der Waals surface area contributed by atoms with E-state index in [9.17, 15) is 0 Å². The van der Waals surface area contributed by atoms with Crippen LogP contribution in [0.25, 0.3) is 0 Å². The van der Waals surface area contributed by atoms with Crippen LogP contribution in [-0.2, 0) is 0 Å². The van der Waals surface area contributed by atoms with Gasteiger partial charge in [-0.15, -0.1) is 0 Å². The van der Waals surface area contributed by atoms with Crippen molar-refractivity contribution in [2.75, 3.05) is 19.6 Å². The van der Waals surface area contributed by atoms with Crippen LogP contribution >= 0.6 is 0 Å². The highest BCUT2D eigenvalue weighted by atomic mass is 15.2. The highest BCUT2D eigenvalue weighted by Crippen LogP contribution is 2.29. The first-order valence-electron chi connectivity index (χ1n) is 6.42. The number of nitrogens with two attached hydrogens (primary N) is 1. The Morgan fingerprint density at radius 3 is 2.88 bits per heavy atom. The number of hydrogen-bond acceptors (Lipinski definition) is 4. The van der Waals surface area contributed by atoms with Gasteiger partial charge in [0.25, 0.3) is 0 Å². The molecular formula is C13H22N4. The predicted octanol–water partition coefficient (Wildman–Crippen LogP) is 1.45. The molecule has 0 saturated carbocycles. The summed E-state index contributed by atoms with van der Waals surface area (Å²) >= 11 is 0. The second-order valence-corrected chi connectivity index (χ2v) is 5.17. The van der Waals surface area contributed by atoms with Crippen LogP contribution in [0.2, 0.25) is 0 Å². The van der Waals surface area contributed by atoms with E-state index in [0.29, 0.717) is 6.54 Å². The molecule has 2 N–H and O–H groups in total. The molecule has 1 saturated heterocycles. The number of rotatable bonds is 4. The summed E-state index contributed by atoms with van der Waals surface area (Å²) in [5.74, 6) is 1.55. The van der Waals surface area contributed by atoms with Gasteiger partial charge in [-0.05, 0) is 30.9 Å². The van der Waals surface area contributed by atoms with Crippen LogP contribution in [0.15, 0.2) is 18.6 Å². The third kappa shape index (κ3) is 2.82. The first kappa shape index (κ1) is 12.5. The van der Waals surface area contributed by atoms with E-state index < -0.39 is 0 Å². The van der Waals surface area contributed by atoms with Crippen molar-refractivity contribution in [3.8, 4) is 0 Å². The van der Waals surface area contributed by atoms with Crippen LogP contribution in [0.5, 0.6) is 0 Å². The number of aromatic nitrogens is 2. The van der Waals surface area contributed by atoms with Gasteiger partial charge in [-0.2, -0.15) is 0 Å². The standard InChI is InChI=1S/C13H22N4/c1-10(2)11-4-6-17(8-11)13(7-14)12-3-5-15-9-16-12/h3,5,9-11,13H,4,6-8,14H2,1-2H3. The fourth-order valence-electron chi connectivity index (χ4n) is 2.60. The molecule has 0 bridgehead atoms. The van der Waals surface area contributed by atoms with Gasteiger partial charge in [0, 0.05) is 19.3 Å². The Bertz CT molecular complexity index is 339. The average molecular weight is 234 g/mol. The van der Waals surface area contributed by atoms with Crippen molar-refractivity contribution in [1.29, 1.82) is 0 Å². The zero-order valence-electron chi connectivity index (χ0n) is 10.7. The van der Waals surface area contributed by atoms with Crippen LogP contribution in [0.4, 0.5) is 0 Å². The average Bonchev–Trinajstić information content (AvgIpc) is 2.81. The summed E-state index contributed by atoms with van der Waals surface area (Å²) in [5.41, 5.74) is 6.95. The van der Waals surface area contributed by atoms with Crippen molar-refractivity contribution in [2.45, 2.75) is 26.3 Å². The lowest BCUT2D eigenvalue weighted by Crippen LogP contribution is -2.33. The van der Waals surface area contributed by atoms with E-state index in [1.807, 2.05) is 6.07 Å². The third-order valence-corrected chi connectivity index (χ3v) is 3.81. The minimum Gasteiger partial charge on any atom is -0.329 e. The van der Waals surface area contributed by atoms with E-state index in [4.69, 9.17) is 5.73 Å². The summed E-state index contributed by atoms with van der Waals surface area (Å²) in [6, 6.07) is 2.22. The molecule has 2 rings (SSSR count). The Hall–Kier alpha value is -1.00. The van der Waals surface area contributed by atoms with Gasteiger partial charge in [0.05, 0.1) is 11.7 Å². The molecule has 0 aromatic carbocycles. The van der Waals surface area contributed by atoms with Gasteiger partial charge >= 0.3 is 0 Å². The summed E-state index contributed by atoms with van der Waals surface area (Å²) in [5, 5.41) is 0. The van der Waals surface area contributed by atoms with Crippen molar-refractivity contribution in [3.05, 3.63) is 24.3 Å². The topological polar surface area (TPSA) is 55.0 Å².